The van der Waals surface area contributed by atoms with E-state index in [2.05, 4.69) is 53.7 Å². The Kier molecular flexibility index (Phi) is 3.68. The van der Waals surface area contributed by atoms with Crippen molar-refractivity contribution < 1.29 is 9.47 Å². The van der Waals surface area contributed by atoms with Gasteiger partial charge in [0.05, 0.1) is 5.54 Å². The largest absolute Gasteiger partial charge is 0.454 e. The van der Waals surface area contributed by atoms with Gasteiger partial charge in [0.15, 0.2) is 11.5 Å². The van der Waals surface area contributed by atoms with Crippen molar-refractivity contribution >= 4 is 10.9 Å². The molecule has 1 aliphatic heterocycles. The van der Waals surface area contributed by atoms with Gasteiger partial charge >= 0.3 is 0 Å². The fraction of sp³-hybridized carbons (Fsp3) is 0.364. The van der Waals surface area contributed by atoms with Crippen molar-refractivity contribution in [3.8, 4) is 11.5 Å². The van der Waals surface area contributed by atoms with Crippen molar-refractivity contribution in [3.63, 3.8) is 0 Å². The highest BCUT2D eigenvalue weighted by molar-refractivity contribution is 5.85. The third-order valence-corrected chi connectivity index (χ3v) is 6.08. The molecule has 2 aromatic carbocycles. The lowest BCUT2D eigenvalue weighted by molar-refractivity contribution is 0.174. The Morgan fingerprint density at radius 1 is 1.12 bits per heavy atom. The molecule has 4 heteroatoms. The first-order valence-electron chi connectivity index (χ1n) is 9.47. The molecule has 1 aliphatic carbocycles. The molecule has 1 aromatic heterocycles. The Balaban J connectivity index is 1.47. The van der Waals surface area contributed by atoms with Crippen LogP contribution in [-0.2, 0) is 18.4 Å². The highest BCUT2D eigenvalue weighted by atomic mass is 16.7. The standard InChI is InChI=1S/C22H24N2O2/c1-23-22(12-10-15-8-9-19-20(13-15)26-14-25-19)11-4-6-17-16-5-2-3-7-18(16)24-21(17)22/h2-3,5,7-9,13,23-24H,4,6,10-12,14H2,1H3. The van der Waals surface area contributed by atoms with Crippen LogP contribution in [0.5, 0.6) is 11.5 Å². The van der Waals surface area contributed by atoms with Gasteiger partial charge in [0.1, 0.15) is 0 Å². The van der Waals surface area contributed by atoms with Crippen LogP contribution in [0.2, 0.25) is 0 Å². The van der Waals surface area contributed by atoms with Gasteiger partial charge in [-0.05, 0) is 68.5 Å². The number of fused-ring (bicyclic) bond motifs is 4. The van der Waals surface area contributed by atoms with E-state index in [9.17, 15) is 0 Å². The summed E-state index contributed by atoms with van der Waals surface area (Å²) in [7, 11) is 2.10. The van der Waals surface area contributed by atoms with Crippen LogP contribution in [0.15, 0.2) is 42.5 Å². The molecule has 0 saturated carbocycles. The predicted octanol–water partition coefficient (Wildman–Crippen LogP) is 4.28. The third kappa shape index (κ3) is 2.40. The van der Waals surface area contributed by atoms with Gasteiger partial charge in [0, 0.05) is 16.6 Å². The number of aromatic nitrogens is 1. The second-order valence-electron chi connectivity index (χ2n) is 7.40. The number of H-pyrrole nitrogens is 1. The normalized spacial score (nSPS) is 21.1. The first-order chi connectivity index (χ1) is 12.8. The van der Waals surface area contributed by atoms with E-state index >= 15 is 0 Å². The maximum absolute atomic E-state index is 5.53. The number of hydrogen-bond donors (Lipinski definition) is 2. The minimum absolute atomic E-state index is 0.00295. The van der Waals surface area contributed by atoms with Gasteiger partial charge in [-0.15, -0.1) is 0 Å². The lowest BCUT2D eigenvalue weighted by Gasteiger charge is -2.37. The molecule has 5 rings (SSSR count). The molecule has 0 saturated heterocycles. The summed E-state index contributed by atoms with van der Waals surface area (Å²) in [6.45, 7) is 0.331. The average Bonchev–Trinajstić information content (AvgIpc) is 3.30. The Labute approximate surface area is 153 Å². The highest BCUT2D eigenvalue weighted by Gasteiger charge is 2.37. The van der Waals surface area contributed by atoms with Crippen molar-refractivity contribution in [2.75, 3.05) is 13.8 Å². The minimum atomic E-state index is 0.00295. The fourth-order valence-corrected chi connectivity index (χ4v) is 4.64. The zero-order chi connectivity index (χ0) is 17.6. The molecule has 0 fully saturated rings. The van der Waals surface area contributed by atoms with Crippen LogP contribution in [0.3, 0.4) is 0 Å². The zero-order valence-corrected chi connectivity index (χ0v) is 15.1. The number of aromatic amines is 1. The Hall–Kier alpha value is -2.46. The molecule has 4 nitrogen and oxygen atoms in total. The SMILES string of the molecule is CNC1(CCc2ccc3c(c2)OCO3)CCCc2c1[nH]c1ccccc21. The molecule has 3 aromatic rings. The summed E-state index contributed by atoms with van der Waals surface area (Å²) in [4.78, 5) is 3.73. The van der Waals surface area contributed by atoms with Crippen molar-refractivity contribution in [1.82, 2.24) is 10.3 Å². The van der Waals surface area contributed by atoms with E-state index in [0.29, 0.717) is 6.79 Å². The topological polar surface area (TPSA) is 46.3 Å². The number of ether oxygens (including phenoxy) is 2. The molecular weight excluding hydrogens is 324 g/mol. The van der Waals surface area contributed by atoms with Crippen molar-refractivity contribution in [2.24, 2.45) is 0 Å². The van der Waals surface area contributed by atoms with E-state index in [1.165, 1.54) is 34.1 Å². The van der Waals surface area contributed by atoms with E-state index in [-0.39, 0.29) is 5.54 Å². The van der Waals surface area contributed by atoms with Crippen LogP contribution in [0.1, 0.15) is 36.1 Å². The summed E-state index contributed by atoms with van der Waals surface area (Å²) >= 11 is 0. The first kappa shape index (κ1) is 15.8. The van der Waals surface area contributed by atoms with E-state index in [1.54, 1.807) is 0 Å². The van der Waals surface area contributed by atoms with Gasteiger partial charge in [0.2, 0.25) is 6.79 Å². The first-order valence-corrected chi connectivity index (χ1v) is 9.47. The number of para-hydroxylation sites is 1. The maximum atomic E-state index is 5.53. The van der Waals surface area contributed by atoms with Crippen LogP contribution in [0.4, 0.5) is 0 Å². The summed E-state index contributed by atoms with van der Waals surface area (Å²) in [6, 6.07) is 15.0. The van der Waals surface area contributed by atoms with Crippen LogP contribution >= 0.6 is 0 Å². The number of nitrogens with one attached hydrogen (secondary N) is 2. The molecule has 2 N–H and O–H groups in total. The van der Waals surface area contributed by atoms with E-state index in [1.807, 2.05) is 6.07 Å². The maximum Gasteiger partial charge on any atom is 0.231 e. The van der Waals surface area contributed by atoms with Crippen LogP contribution in [0.25, 0.3) is 10.9 Å². The molecule has 134 valence electrons. The van der Waals surface area contributed by atoms with Crippen LogP contribution < -0.4 is 14.8 Å². The number of rotatable bonds is 4. The molecule has 2 heterocycles. The lowest BCUT2D eigenvalue weighted by atomic mass is 9.76. The fourth-order valence-electron chi connectivity index (χ4n) is 4.64. The van der Waals surface area contributed by atoms with Gasteiger partial charge in [-0.2, -0.15) is 0 Å². The van der Waals surface area contributed by atoms with Gasteiger partial charge in [-0.1, -0.05) is 24.3 Å². The highest BCUT2D eigenvalue weighted by Crippen LogP contribution is 2.42. The molecule has 26 heavy (non-hydrogen) atoms. The number of hydrogen-bond acceptors (Lipinski definition) is 3. The van der Waals surface area contributed by atoms with Crippen LogP contribution in [-0.4, -0.2) is 18.8 Å². The summed E-state index contributed by atoms with van der Waals surface area (Å²) in [5, 5.41) is 5.05. The number of aryl methyl sites for hydroxylation is 2. The molecule has 0 amide bonds. The molecule has 0 spiro atoms. The molecule has 0 radical (unpaired) electrons. The lowest BCUT2D eigenvalue weighted by Crippen LogP contribution is -2.43. The Morgan fingerprint density at radius 3 is 2.92 bits per heavy atom. The van der Waals surface area contributed by atoms with Crippen molar-refractivity contribution in [3.05, 3.63) is 59.3 Å². The Bertz CT molecular complexity index is 962. The van der Waals surface area contributed by atoms with E-state index < -0.39 is 0 Å². The smallest absolute Gasteiger partial charge is 0.231 e. The molecule has 1 unspecified atom stereocenters. The molecule has 2 aliphatic rings. The van der Waals surface area contributed by atoms with Crippen molar-refractivity contribution in [2.45, 2.75) is 37.6 Å². The third-order valence-electron chi connectivity index (χ3n) is 6.08. The second-order valence-corrected chi connectivity index (χ2v) is 7.40. The summed E-state index contributed by atoms with van der Waals surface area (Å²) in [6.07, 6.45) is 5.60. The summed E-state index contributed by atoms with van der Waals surface area (Å²) in [5.74, 6) is 1.73. The Morgan fingerprint density at radius 2 is 2.00 bits per heavy atom. The predicted molar refractivity (Wildman–Crippen MR) is 103 cm³/mol. The van der Waals surface area contributed by atoms with E-state index in [4.69, 9.17) is 9.47 Å². The van der Waals surface area contributed by atoms with Crippen molar-refractivity contribution in [1.29, 1.82) is 0 Å². The quantitative estimate of drug-likeness (QED) is 0.740. The summed E-state index contributed by atoms with van der Waals surface area (Å²) < 4.78 is 11.0. The van der Waals surface area contributed by atoms with Gasteiger partial charge in [-0.25, -0.2) is 0 Å². The molecule has 1 atom stereocenters. The summed E-state index contributed by atoms with van der Waals surface area (Å²) in [5.41, 5.74) is 5.43. The van der Waals surface area contributed by atoms with Crippen LogP contribution in [0, 0.1) is 0 Å². The monoisotopic (exact) mass is 348 g/mol. The molecule has 0 bridgehead atoms. The zero-order valence-electron chi connectivity index (χ0n) is 15.1. The molecular formula is C22H24N2O2. The number of benzene rings is 2. The minimum Gasteiger partial charge on any atom is -0.454 e. The van der Waals surface area contributed by atoms with Gasteiger partial charge in [0.25, 0.3) is 0 Å². The van der Waals surface area contributed by atoms with Gasteiger partial charge in [-0.3, -0.25) is 0 Å². The average molecular weight is 348 g/mol. The second kappa shape index (κ2) is 6.06. The van der Waals surface area contributed by atoms with E-state index in [0.717, 1.165) is 37.2 Å². The van der Waals surface area contributed by atoms with Gasteiger partial charge < -0.3 is 19.8 Å².